The molecule has 2 fully saturated rings. The summed E-state index contributed by atoms with van der Waals surface area (Å²) >= 11 is 1.46. The minimum absolute atomic E-state index is 0.251. The Morgan fingerprint density at radius 1 is 1.17 bits per heavy atom. The van der Waals surface area contributed by atoms with Crippen molar-refractivity contribution in [3.8, 4) is 0 Å². The van der Waals surface area contributed by atoms with Gasteiger partial charge in [0, 0.05) is 12.3 Å². The van der Waals surface area contributed by atoms with Gasteiger partial charge >= 0.3 is 12.1 Å². The first kappa shape index (κ1) is 24.3. The molecule has 0 radical (unpaired) electrons. The van der Waals surface area contributed by atoms with Crippen LogP contribution in [0, 0.1) is 11.8 Å². The molecule has 9 nitrogen and oxygen atoms in total. The number of rotatable bonds is 6. The summed E-state index contributed by atoms with van der Waals surface area (Å²) < 4.78 is 5.36. The van der Waals surface area contributed by atoms with Crippen molar-refractivity contribution in [1.82, 2.24) is 15.5 Å². The molecule has 3 N–H and O–H groups in total. The fourth-order valence-corrected chi connectivity index (χ4v) is 4.69. The van der Waals surface area contributed by atoms with E-state index in [1.807, 2.05) is 0 Å². The highest BCUT2D eigenvalue weighted by Crippen LogP contribution is 2.28. The lowest BCUT2D eigenvalue weighted by atomic mass is 9.82. The van der Waals surface area contributed by atoms with Crippen LogP contribution in [0.25, 0.3) is 0 Å². The molecular formula is C20H33N3O6S. The van der Waals surface area contributed by atoms with Crippen molar-refractivity contribution in [2.45, 2.75) is 71.1 Å². The van der Waals surface area contributed by atoms with E-state index in [9.17, 15) is 19.2 Å². The van der Waals surface area contributed by atoms with Crippen molar-refractivity contribution < 1.29 is 29.0 Å². The Morgan fingerprint density at radius 2 is 1.80 bits per heavy atom. The molecule has 0 aromatic rings. The van der Waals surface area contributed by atoms with Gasteiger partial charge in [-0.05, 0) is 59.3 Å². The number of carboxylic acid groups (broad SMARTS) is 1. The zero-order valence-corrected chi connectivity index (χ0v) is 18.9. The quantitative estimate of drug-likeness (QED) is 0.572. The van der Waals surface area contributed by atoms with Gasteiger partial charge in [-0.25, -0.2) is 4.79 Å². The van der Waals surface area contributed by atoms with Gasteiger partial charge in [0.05, 0.1) is 11.8 Å². The molecule has 30 heavy (non-hydrogen) atoms. The monoisotopic (exact) mass is 443 g/mol. The van der Waals surface area contributed by atoms with E-state index in [0.29, 0.717) is 31.0 Å². The number of nitrogens with zero attached hydrogens (tertiary/aromatic N) is 1. The summed E-state index contributed by atoms with van der Waals surface area (Å²) in [4.78, 5) is 49.8. The Kier molecular flexibility index (Phi) is 8.40. The number of thioether (sulfide) groups is 1. The van der Waals surface area contributed by atoms with Crippen molar-refractivity contribution in [2.24, 2.45) is 11.8 Å². The van der Waals surface area contributed by atoms with Crippen LogP contribution in [0.3, 0.4) is 0 Å². The molecule has 1 saturated heterocycles. The number of nitrogens with one attached hydrogen (secondary N) is 2. The summed E-state index contributed by atoms with van der Waals surface area (Å²) in [6.45, 7) is 7.38. The van der Waals surface area contributed by atoms with E-state index < -0.39 is 29.7 Å². The van der Waals surface area contributed by atoms with Crippen LogP contribution in [0.4, 0.5) is 4.79 Å². The second kappa shape index (κ2) is 10.4. The Hall–Kier alpha value is -1.97. The summed E-state index contributed by atoms with van der Waals surface area (Å²) in [6.07, 6.45) is 2.25. The van der Waals surface area contributed by atoms with E-state index in [1.165, 1.54) is 16.7 Å². The van der Waals surface area contributed by atoms with Crippen molar-refractivity contribution >= 4 is 35.6 Å². The number of carbonyl (C=O) groups is 4. The van der Waals surface area contributed by atoms with Crippen molar-refractivity contribution in [1.29, 1.82) is 0 Å². The standard InChI is InChI=1S/C20H33N3O6S/c1-12(16(24)21-9-13-5-7-14(8-6-13)18(26)27)22-17(25)15-10-30-11-23(15)19(28)29-20(2,3)4/h12-15H,5-11H2,1-4H3,(H,21,24)(H,22,25)(H,26,27)/t12-,13?,14?,15-/m0/s1. The van der Waals surface area contributed by atoms with Gasteiger partial charge in [0.2, 0.25) is 11.8 Å². The maximum absolute atomic E-state index is 12.6. The first-order valence-electron chi connectivity index (χ1n) is 10.4. The van der Waals surface area contributed by atoms with Crippen molar-refractivity contribution in [2.75, 3.05) is 18.2 Å². The molecule has 170 valence electrons. The minimum Gasteiger partial charge on any atom is -0.481 e. The third-order valence-corrected chi connectivity index (χ3v) is 6.34. The molecule has 1 aliphatic heterocycles. The molecule has 0 bridgehead atoms. The number of amides is 3. The van der Waals surface area contributed by atoms with E-state index in [4.69, 9.17) is 9.84 Å². The highest BCUT2D eigenvalue weighted by molar-refractivity contribution is 7.99. The molecular weight excluding hydrogens is 410 g/mol. The third-order valence-electron chi connectivity index (χ3n) is 5.33. The molecule has 0 unspecified atom stereocenters. The first-order valence-corrected chi connectivity index (χ1v) is 11.5. The number of hydrogen-bond acceptors (Lipinski definition) is 6. The van der Waals surface area contributed by atoms with Gasteiger partial charge < -0.3 is 20.5 Å². The molecule has 10 heteroatoms. The molecule has 2 rings (SSSR count). The SMILES string of the molecule is C[C@H](NC(=O)[C@@H]1CSCN1C(=O)OC(C)(C)C)C(=O)NCC1CCC(C(=O)O)CC1. The second-order valence-corrected chi connectivity index (χ2v) is 10.00. The first-order chi connectivity index (χ1) is 14.0. The second-order valence-electron chi connectivity index (χ2n) is 9.00. The summed E-state index contributed by atoms with van der Waals surface area (Å²) in [5, 5.41) is 14.6. The molecule has 1 aliphatic carbocycles. The maximum Gasteiger partial charge on any atom is 0.411 e. The Labute approximate surface area is 181 Å². The van der Waals surface area contributed by atoms with E-state index in [2.05, 4.69) is 10.6 Å². The summed E-state index contributed by atoms with van der Waals surface area (Å²) in [6, 6.07) is -1.41. The van der Waals surface area contributed by atoms with Crippen LogP contribution in [-0.2, 0) is 19.1 Å². The van der Waals surface area contributed by atoms with Crippen molar-refractivity contribution in [3.05, 3.63) is 0 Å². The molecule has 0 aromatic carbocycles. The highest BCUT2D eigenvalue weighted by Gasteiger charge is 2.38. The van der Waals surface area contributed by atoms with Gasteiger partial charge in [0.15, 0.2) is 0 Å². The molecule has 2 atom stereocenters. The van der Waals surface area contributed by atoms with Gasteiger partial charge in [-0.1, -0.05) is 0 Å². The Balaban J connectivity index is 1.78. The zero-order valence-electron chi connectivity index (χ0n) is 18.1. The van der Waals surface area contributed by atoms with E-state index in [-0.39, 0.29) is 23.7 Å². The minimum atomic E-state index is -0.751. The van der Waals surface area contributed by atoms with Crippen molar-refractivity contribution in [3.63, 3.8) is 0 Å². The predicted molar refractivity (Wildman–Crippen MR) is 113 cm³/mol. The van der Waals surface area contributed by atoms with Crippen LogP contribution < -0.4 is 10.6 Å². The van der Waals surface area contributed by atoms with E-state index >= 15 is 0 Å². The largest absolute Gasteiger partial charge is 0.481 e. The van der Waals surface area contributed by atoms with Gasteiger partial charge in [0.25, 0.3) is 0 Å². The van der Waals surface area contributed by atoms with E-state index in [0.717, 1.165) is 12.8 Å². The van der Waals surface area contributed by atoms with E-state index in [1.54, 1.807) is 27.7 Å². The Bertz CT molecular complexity index is 657. The third kappa shape index (κ3) is 7.07. The van der Waals surface area contributed by atoms with Crippen LogP contribution in [0.2, 0.25) is 0 Å². The summed E-state index contributed by atoms with van der Waals surface area (Å²) in [5.74, 6) is -0.638. The fraction of sp³-hybridized carbons (Fsp3) is 0.800. The maximum atomic E-state index is 12.6. The molecule has 1 saturated carbocycles. The molecule has 1 heterocycles. The van der Waals surface area contributed by atoms with Crippen LogP contribution in [0.1, 0.15) is 53.4 Å². The van der Waals surface area contributed by atoms with Gasteiger partial charge in [-0.15, -0.1) is 11.8 Å². The van der Waals surface area contributed by atoms with Crippen LogP contribution in [-0.4, -0.2) is 69.7 Å². The molecule has 2 aliphatic rings. The average molecular weight is 444 g/mol. The van der Waals surface area contributed by atoms with Gasteiger partial charge in [0.1, 0.15) is 17.7 Å². The highest BCUT2D eigenvalue weighted by atomic mass is 32.2. The smallest absolute Gasteiger partial charge is 0.411 e. The number of hydrogen-bond donors (Lipinski definition) is 3. The lowest BCUT2D eigenvalue weighted by molar-refractivity contribution is -0.143. The fourth-order valence-electron chi connectivity index (χ4n) is 3.55. The van der Waals surface area contributed by atoms with Gasteiger partial charge in [-0.2, -0.15) is 0 Å². The Morgan fingerprint density at radius 3 is 2.37 bits per heavy atom. The molecule has 0 spiro atoms. The summed E-state index contributed by atoms with van der Waals surface area (Å²) in [5.41, 5.74) is -0.651. The molecule has 0 aromatic heterocycles. The number of ether oxygens (including phenoxy) is 1. The van der Waals surface area contributed by atoms with Gasteiger partial charge in [-0.3, -0.25) is 19.3 Å². The normalized spacial score (nSPS) is 25.3. The number of aliphatic carboxylic acids is 1. The number of carbonyl (C=O) groups excluding carboxylic acids is 3. The molecule has 3 amide bonds. The topological polar surface area (TPSA) is 125 Å². The lowest BCUT2D eigenvalue weighted by Crippen LogP contribution is -2.53. The van der Waals surface area contributed by atoms with Crippen LogP contribution >= 0.6 is 11.8 Å². The number of carboxylic acids is 1. The summed E-state index contributed by atoms with van der Waals surface area (Å²) in [7, 11) is 0. The zero-order chi connectivity index (χ0) is 22.5. The predicted octanol–water partition coefficient (Wildman–Crippen LogP) is 1.81. The van der Waals surface area contributed by atoms with Crippen LogP contribution in [0.15, 0.2) is 0 Å². The average Bonchev–Trinajstić information content (AvgIpc) is 3.15. The lowest BCUT2D eigenvalue weighted by Gasteiger charge is -2.28. The van der Waals surface area contributed by atoms with Crippen LogP contribution in [0.5, 0.6) is 0 Å².